The number of ether oxygens (including phenoxy) is 2. The average molecular weight is 291 g/mol. The molecule has 0 saturated carbocycles. The number of hydrogen-bond acceptors (Lipinski definition) is 3. The second-order valence-corrected chi connectivity index (χ2v) is 4.38. The molecule has 0 amide bonds. The Hall–Kier alpha value is -0.610. The van der Waals surface area contributed by atoms with E-state index in [1.165, 1.54) is 0 Å². The predicted molar refractivity (Wildman–Crippen MR) is 72.2 cm³/mol. The molecule has 1 rings (SSSR count). The van der Waals surface area contributed by atoms with Gasteiger partial charge in [-0.15, -0.1) is 0 Å². The smallest absolute Gasteiger partial charge is 0.218 e. The molecule has 0 aliphatic rings. The van der Waals surface area contributed by atoms with Crippen LogP contribution in [0.1, 0.15) is 19.4 Å². The first kappa shape index (κ1) is 15.4. The van der Waals surface area contributed by atoms with E-state index in [1.807, 2.05) is 13.8 Å². The Balaban J connectivity index is 2.75. The molecule has 0 unspecified atom stereocenters. The number of carbonyl (C=O) groups is 1. The summed E-state index contributed by atoms with van der Waals surface area (Å²) in [4.78, 5) is 12.0. The lowest BCUT2D eigenvalue weighted by Gasteiger charge is -2.16. The summed E-state index contributed by atoms with van der Waals surface area (Å²) in [5.74, 6) is -0.164. The van der Waals surface area contributed by atoms with Crippen LogP contribution in [0.3, 0.4) is 0 Å². The third-order valence-electron chi connectivity index (χ3n) is 2.30. The van der Waals surface area contributed by atoms with Crippen LogP contribution < -0.4 is 0 Å². The van der Waals surface area contributed by atoms with Gasteiger partial charge in [0, 0.05) is 19.6 Å². The fourth-order valence-corrected chi connectivity index (χ4v) is 1.88. The molecular weight excluding hydrogens is 275 g/mol. The molecule has 0 saturated heterocycles. The highest BCUT2D eigenvalue weighted by molar-refractivity contribution is 6.42. The molecule has 0 aliphatic carbocycles. The van der Waals surface area contributed by atoms with Crippen LogP contribution in [0, 0.1) is 0 Å². The van der Waals surface area contributed by atoms with Gasteiger partial charge in [0.05, 0.1) is 10.0 Å². The molecule has 5 heteroatoms. The van der Waals surface area contributed by atoms with Crippen LogP contribution in [0.25, 0.3) is 0 Å². The van der Waals surface area contributed by atoms with Gasteiger partial charge in [-0.3, -0.25) is 4.79 Å². The van der Waals surface area contributed by atoms with Crippen molar-refractivity contribution in [2.75, 3.05) is 13.2 Å². The first-order valence-corrected chi connectivity index (χ1v) is 6.54. The monoisotopic (exact) mass is 290 g/mol. The van der Waals surface area contributed by atoms with E-state index in [4.69, 9.17) is 32.7 Å². The molecule has 0 aliphatic heterocycles. The molecule has 1 aromatic rings. The summed E-state index contributed by atoms with van der Waals surface area (Å²) < 4.78 is 10.5. The van der Waals surface area contributed by atoms with Crippen molar-refractivity contribution < 1.29 is 14.3 Å². The Morgan fingerprint density at radius 1 is 1.22 bits per heavy atom. The minimum Gasteiger partial charge on any atom is -0.346 e. The van der Waals surface area contributed by atoms with Crippen molar-refractivity contribution in [3.05, 3.63) is 33.8 Å². The number of benzene rings is 1. The van der Waals surface area contributed by atoms with Gasteiger partial charge in [-0.1, -0.05) is 35.3 Å². The Kier molecular flexibility index (Phi) is 6.65. The molecular formula is C13H16Cl2O3. The summed E-state index contributed by atoms with van der Waals surface area (Å²) >= 11 is 11.9. The van der Waals surface area contributed by atoms with E-state index >= 15 is 0 Å². The Labute approximate surface area is 117 Å². The van der Waals surface area contributed by atoms with Crippen LogP contribution in [0.5, 0.6) is 0 Å². The van der Waals surface area contributed by atoms with Crippen molar-refractivity contribution in [1.29, 1.82) is 0 Å². The Bertz CT molecular complexity index is 401. The SMILES string of the molecule is CCOC(OCC)C(=O)Cc1cccc(Cl)c1Cl. The topological polar surface area (TPSA) is 35.5 Å². The van der Waals surface area contributed by atoms with Crippen molar-refractivity contribution >= 4 is 29.0 Å². The maximum absolute atomic E-state index is 12.0. The van der Waals surface area contributed by atoms with Gasteiger partial charge in [0.25, 0.3) is 0 Å². The number of hydrogen-bond donors (Lipinski definition) is 0. The normalized spacial score (nSPS) is 10.9. The average Bonchev–Trinajstić information content (AvgIpc) is 2.34. The van der Waals surface area contributed by atoms with E-state index in [2.05, 4.69) is 0 Å². The lowest BCUT2D eigenvalue weighted by molar-refractivity contribution is -0.167. The van der Waals surface area contributed by atoms with E-state index in [0.717, 1.165) is 0 Å². The van der Waals surface area contributed by atoms with Gasteiger partial charge in [-0.2, -0.15) is 0 Å². The van der Waals surface area contributed by atoms with Gasteiger partial charge in [0.1, 0.15) is 0 Å². The third-order valence-corrected chi connectivity index (χ3v) is 3.15. The lowest BCUT2D eigenvalue weighted by atomic mass is 10.1. The maximum atomic E-state index is 12.0. The van der Waals surface area contributed by atoms with Gasteiger partial charge in [0.2, 0.25) is 6.29 Å². The van der Waals surface area contributed by atoms with Crippen LogP contribution >= 0.6 is 23.2 Å². The summed E-state index contributed by atoms with van der Waals surface area (Å²) in [6.07, 6.45) is -0.695. The zero-order valence-corrected chi connectivity index (χ0v) is 11.9. The van der Waals surface area contributed by atoms with E-state index < -0.39 is 6.29 Å². The zero-order chi connectivity index (χ0) is 13.5. The fourth-order valence-electron chi connectivity index (χ4n) is 1.49. The molecule has 0 fully saturated rings. The lowest BCUT2D eigenvalue weighted by Crippen LogP contribution is -2.29. The quantitative estimate of drug-likeness (QED) is 0.721. The molecule has 18 heavy (non-hydrogen) atoms. The number of Topliss-reactive ketones (excluding diaryl/α,β-unsaturated/α-hetero) is 1. The molecule has 100 valence electrons. The Morgan fingerprint density at radius 3 is 2.39 bits per heavy atom. The largest absolute Gasteiger partial charge is 0.346 e. The zero-order valence-electron chi connectivity index (χ0n) is 10.4. The van der Waals surface area contributed by atoms with Crippen molar-refractivity contribution in [1.82, 2.24) is 0 Å². The second-order valence-electron chi connectivity index (χ2n) is 3.60. The minimum absolute atomic E-state index is 0.143. The van der Waals surface area contributed by atoms with Crippen molar-refractivity contribution in [2.45, 2.75) is 26.6 Å². The minimum atomic E-state index is -0.838. The van der Waals surface area contributed by atoms with Crippen molar-refractivity contribution in [3.8, 4) is 0 Å². The molecule has 3 nitrogen and oxygen atoms in total. The highest BCUT2D eigenvalue weighted by Crippen LogP contribution is 2.26. The molecule has 0 radical (unpaired) electrons. The summed E-state index contributed by atoms with van der Waals surface area (Å²) in [5.41, 5.74) is 0.679. The maximum Gasteiger partial charge on any atom is 0.218 e. The van der Waals surface area contributed by atoms with E-state index in [9.17, 15) is 4.79 Å². The summed E-state index contributed by atoms with van der Waals surface area (Å²) in [7, 11) is 0. The second kappa shape index (κ2) is 7.74. The van der Waals surface area contributed by atoms with E-state index in [1.54, 1.807) is 18.2 Å². The standard InChI is InChI=1S/C13H16Cl2O3/c1-3-17-13(18-4-2)11(16)8-9-6-5-7-10(14)12(9)15/h5-7,13H,3-4,8H2,1-2H3. The van der Waals surface area contributed by atoms with Gasteiger partial charge in [-0.05, 0) is 25.5 Å². The van der Waals surface area contributed by atoms with Crippen LogP contribution in [0.15, 0.2) is 18.2 Å². The van der Waals surface area contributed by atoms with Gasteiger partial charge < -0.3 is 9.47 Å². The Morgan fingerprint density at radius 2 is 1.83 bits per heavy atom. The van der Waals surface area contributed by atoms with Crippen molar-refractivity contribution in [2.24, 2.45) is 0 Å². The molecule has 0 aromatic heterocycles. The van der Waals surface area contributed by atoms with Crippen LogP contribution in [-0.2, 0) is 20.7 Å². The van der Waals surface area contributed by atoms with Crippen LogP contribution in [0.4, 0.5) is 0 Å². The molecule has 0 bridgehead atoms. The van der Waals surface area contributed by atoms with Crippen molar-refractivity contribution in [3.63, 3.8) is 0 Å². The number of ketones is 1. The first-order valence-electron chi connectivity index (χ1n) is 5.78. The molecule has 1 aromatic carbocycles. The predicted octanol–water partition coefficient (Wildman–Crippen LogP) is 3.50. The summed E-state index contributed by atoms with van der Waals surface area (Å²) in [5, 5.41) is 0.839. The van der Waals surface area contributed by atoms with Gasteiger partial charge >= 0.3 is 0 Å². The van der Waals surface area contributed by atoms with Gasteiger partial charge in [-0.25, -0.2) is 0 Å². The molecule has 0 heterocycles. The number of halogens is 2. The van der Waals surface area contributed by atoms with E-state index in [-0.39, 0.29) is 12.2 Å². The fraction of sp³-hybridized carbons (Fsp3) is 0.462. The molecule has 0 spiro atoms. The highest BCUT2D eigenvalue weighted by Gasteiger charge is 2.20. The molecule has 0 atom stereocenters. The third kappa shape index (κ3) is 4.25. The van der Waals surface area contributed by atoms with Crippen LogP contribution in [-0.4, -0.2) is 25.3 Å². The van der Waals surface area contributed by atoms with Gasteiger partial charge in [0.15, 0.2) is 5.78 Å². The number of rotatable bonds is 7. The first-order chi connectivity index (χ1) is 8.60. The van der Waals surface area contributed by atoms with Crippen LogP contribution in [0.2, 0.25) is 10.0 Å². The summed E-state index contributed by atoms with van der Waals surface area (Å²) in [6, 6.07) is 5.20. The summed E-state index contributed by atoms with van der Waals surface area (Å²) in [6.45, 7) is 4.46. The van der Waals surface area contributed by atoms with E-state index in [0.29, 0.717) is 28.8 Å². The highest BCUT2D eigenvalue weighted by atomic mass is 35.5. The molecule has 0 N–H and O–H groups in total. The number of carbonyl (C=O) groups excluding carboxylic acids is 1.